The smallest absolute Gasteiger partial charge is 0.266 e. The summed E-state index contributed by atoms with van der Waals surface area (Å²) in [5, 5.41) is 5.55. The SMILES string of the molecule is CCOc1ccc(CNC(=O)CC2Oc3ccccc3NC2=O)cc1. The minimum Gasteiger partial charge on any atom is -0.494 e. The lowest BCUT2D eigenvalue weighted by atomic mass is 10.1. The number of carbonyl (C=O) groups excluding carboxylic acids is 2. The third-order valence-corrected chi connectivity index (χ3v) is 3.80. The summed E-state index contributed by atoms with van der Waals surface area (Å²) in [4.78, 5) is 24.2. The van der Waals surface area contributed by atoms with E-state index in [1.807, 2.05) is 43.3 Å². The number of fused-ring (bicyclic) bond motifs is 1. The fourth-order valence-electron chi connectivity index (χ4n) is 2.54. The van der Waals surface area contributed by atoms with Crippen LogP contribution in [0.1, 0.15) is 18.9 Å². The zero-order chi connectivity index (χ0) is 17.6. The van der Waals surface area contributed by atoms with E-state index in [1.165, 1.54) is 0 Å². The molecule has 0 aromatic heterocycles. The van der Waals surface area contributed by atoms with Crippen molar-refractivity contribution >= 4 is 17.5 Å². The molecule has 1 aliphatic rings. The highest BCUT2D eigenvalue weighted by Crippen LogP contribution is 2.29. The maximum Gasteiger partial charge on any atom is 0.266 e. The monoisotopic (exact) mass is 340 g/mol. The van der Waals surface area contributed by atoms with Crippen LogP contribution in [0.4, 0.5) is 5.69 Å². The second-order valence-electron chi connectivity index (χ2n) is 5.65. The van der Waals surface area contributed by atoms with E-state index in [2.05, 4.69) is 10.6 Å². The van der Waals surface area contributed by atoms with Crippen LogP contribution in [0.15, 0.2) is 48.5 Å². The zero-order valence-electron chi connectivity index (χ0n) is 14.0. The van der Waals surface area contributed by atoms with Crippen molar-refractivity contribution in [3.8, 4) is 11.5 Å². The lowest BCUT2D eigenvalue weighted by molar-refractivity contribution is -0.130. The van der Waals surface area contributed by atoms with E-state index in [0.29, 0.717) is 24.6 Å². The molecule has 0 spiro atoms. The second-order valence-corrected chi connectivity index (χ2v) is 5.65. The molecule has 130 valence electrons. The van der Waals surface area contributed by atoms with Gasteiger partial charge in [-0.2, -0.15) is 0 Å². The molecule has 2 aromatic rings. The van der Waals surface area contributed by atoms with Crippen LogP contribution in [0.3, 0.4) is 0 Å². The molecule has 2 amide bonds. The number of hydrogen-bond donors (Lipinski definition) is 2. The molecule has 1 aliphatic heterocycles. The Bertz CT molecular complexity index is 758. The predicted molar refractivity (Wildman–Crippen MR) is 93.6 cm³/mol. The van der Waals surface area contributed by atoms with Crippen LogP contribution >= 0.6 is 0 Å². The van der Waals surface area contributed by atoms with Gasteiger partial charge in [-0.1, -0.05) is 24.3 Å². The molecule has 1 heterocycles. The Morgan fingerprint density at radius 1 is 1.20 bits per heavy atom. The largest absolute Gasteiger partial charge is 0.494 e. The summed E-state index contributed by atoms with van der Waals surface area (Å²) >= 11 is 0. The molecule has 2 N–H and O–H groups in total. The topological polar surface area (TPSA) is 76.7 Å². The van der Waals surface area contributed by atoms with Crippen molar-refractivity contribution in [3.63, 3.8) is 0 Å². The van der Waals surface area contributed by atoms with E-state index >= 15 is 0 Å². The van der Waals surface area contributed by atoms with E-state index in [9.17, 15) is 9.59 Å². The van der Waals surface area contributed by atoms with Gasteiger partial charge in [0.15, 0.2) is 6.10 Å². The first kappa shape index (κ1) is 16.8. The molecule has 0 fully saturated rings. The summed E-state index contributed by atoms with van der Waals surface area (Å²) in [5.74, 6) is 0.818. The lowest BCUT2D eigenvalue weighted by Crippen LogP contribution is -2.40. The summed E-state index contributed by atoms with van der Waals surface area (Å²) < 4.78 is 11.0. The van der Waals surface area contributed by atoms with Crippen molar-refractivity contribution in [3.05, 3.63) is 54.1 Å². The number of nitrogens with one attached hydrogen (secondary N) is 2. The Kier molecular flexibility index (Phi) is 5.18. The van der Waals surface area contributed by atoms with Crippen molar-refractivity contribution < 1.29 is 19.1 Å². The maximum absolute atomic E-state index is 12.1. The second kappa shape index (κ2) is 7.70. The van der Waals surface area contributed by atoms with Gasteiger partial charge in [-0.05, 0) is 36.8 Å². The molecule has 3 rings (SSSR count). The first-order chi connectivity index (χ1) is 12.2. The Morgan fingerprint density at radius 2 is 1.96 bits per heavy atom. The summed E-state index contributed by atoms with van der Waals surface area (Å²) in [7, 11) is 0. The van der Waals surface area contributed by atoms with E-state index in [1.54, 1.807) is 12.1 Å². The van der Waals surface area contributed by atoms with Crippen molar-refractivity contribution in [2.45, 2.75) is 26.0 Å². The van der Waals surface area contributed by atoms with Crippen molar-refractivity contribution in [1.29, 1.82) is 0 Å². The molecular weight excluding hydrogens is 320 g/mol. The number of anilines is 1. The van der Waals surface area contributed by atoms with Gasteiger partial charge in [0, 0.05) is 6.54 Å². The highest BCUT2D eigenvalue weighted by molar-refractivity contribution is 5.99. The lowest BCUT2D eigenvalue weighted by Gasteiger charge is -2.25. The molecule has 1 atom stereocenters. The van der Waals surface area contributed by atoms with Gasteiger partial charge in [0.2, 0.25) is 5.91 Å². The first-order valence-electron chi connectivity index (χ1n) is 8.20. The molecule has 0 aliphatic carbocycles. The van der Waals surface area contributed by atoms with Gasteiger partial charge < -0.3 is 20.1 Å². The Labute approximate surface area is 146 Å². The molecule has 0 bridgehead atoms. The summed E-state index contributed by atoms with van der Waals surface area (Å²) in [6, 6.07) is 14.7. The highest BCUT2D eigenvalue weighted by Gasteiger charge is 2.29. The van der Waals surface area contributed by atoms with Gasteiger partial charge in [0.1, 0.15) is 11.5 Å². The summed E-state index contributed by atoms with van der Waals surface area (Å²) in [6.45, 7) is 2.93. The van der Waals surface area contributed by atoms with Crippen molar-refractivity contribution in [2.75, 3.05) is 11.9 Å². The number of rotatable bonds is 6. The Balaban J connectivity index is 1.52. The predicted octanol–water partition coefficient (Wildman–Crippen LogP) is 2.49. The van der Waals surface area contributed by atoms with Gasteiger partial charge >= 0.3 is 0 Å². The minimum atomic E-state index is -0.824. The van der Waals surface area contributed by atoms with Crippen LogP contribution in [0.25, 0.3) is 0 Å². The standard InChI is InChI=1S/C19H20N2O4/c1-2-24-14-9-7-13(8-10-14)12-20-18(22)11-17-19(23)21-15-5-3-4-6-16(15)25-17/h3-10,17H,2,11-12H2,1H3,(H,20,22)(H,21,23). The van der Waals surface area contributed by atoms with Crippen molar-refractivity contribution in [1.82, 2.24) is 5.32 Å². The van der Waals surface area contributed by atoms with Crippen molar-refractivity contribution in [2.24, 2.45) is 0 Å². The number of benzene rings is 2. The maximum atomic E-state index is 12.1. The van der Waals surface area contributed by atoms with Gasteiger partial charge in [0.05, 0.1) is 18.7 Å². The van der Waals surface area contributed by atoms with Crippen LogP contribution in [-0.2, 0) is 16.1 Å². The van der Waals surface area contributed by atoms with Gasteiger partial charge in [-0.25, -0.2) is 0 Å². The van der Waals surface area contributed by atoms with E-state index < -0.39 is 6.10 Å². The zero-order valence-corrected chi connectivity index (χ0v) is 14.0. The van der Waals surface area contributed by atoms with Gasteiger partial charge in [0.25, 0.3) is 5.91 Å². The fraction of sp³-hybridized carbons (Fsp3) is 0.263. The van der Waals surface area contributed by atoms with Crippen LogP contribution < -0.4 is 20.1 Å². The van der Waals surface area contributed by atoms with E-state index in [-0.39, 0.29) is 18.2 Å². The van der Waals surface area contributed by atoms with Crippen LogP contribution in [-0.4, -0.2) is 24.5 Å². The van der Waals surface area contributed by atoms with Crippen LogP contribution in [0.5, 0.6) is 11.5 Å². The minimum absolute atomic E-state index is 0.0306. The molecule has 0 radical (unpaired) electrons. The molecule has 25 heavy (non-hydrogen) atoms. The Hall–Kier alpha value is -3.02. The molecule has 0 saturated heterocycles. The summed E-state index contributed by atoms with van der Waals surface area (Å²) in [5.41, 5.74) is 1.58. The number of amides is 2. The van der Waals surface area contributed by atoms with Gasteiger partial charge in [-0.15, -0.1) is 0 Å². The first-order valence-corrected chi connectivity index (χ1v) is 8.20. The average Bonchev–Trinajstić information content (AvgIpc) is 2.62. The molecule has 1 unspecified atom stereocenters. The quantitative estimate of drug-likeness (QED) is 0.847. The van der Waals surface area contributed by atoms with E-state index in [0.717, 1.165) is 11.3 Å². The van der Waals surface area contributed by atoms with E-state index in [4.69, 9.17) is 9.47 Å². The van der Waals surface area contributed by atoms with Gasteiger partial charge in [-0.3, -0.25) is 9.59 Å². The number of ether oxygens (including phenoxy) is 2. The molecule has 2 aromatic carbocycles. The average molecular weight is 340 g/mol. The molecular formula is C19H20N2O4. The third-order valence-electron chi connectivity index (χ3n) is 3.80. The Morgan fingerprint density at radius 3 is 2.72 bits per heavy atom. The highest BCUT2D eigenvalue weighted by atomic mass is 16.5. The number of carbonyl (C=O) groups is 2. The normalized spacial score (nSPS) is 15.6. The van der Waals surface area contributed by atoms with Crippen LogP contribution in [0.2, 0.25) is 0 Å². The third kappa shape index (κ3) is 4.29. The molecule has 6 heteroatoms. The molecule has 0 saturated carbocycles. The molecule has 6 nitrogen and oxygen atoms in total. The summed E-state index contributed by atoms with van der Waals surface area (Å²) in [6.07, 6.45) is -0.854. The van der Waals surface area contributed by atoms with Crippen LogP contribution in [0, 0.1) is 0 Å². The fourth-order valence-corrected chi connectivity index (χ4v) is 2.54. The number of para-hydroxylation sites is 2. The number of hydrogen-bond acceptors (Lipinski definition) is 4.